The Morgan fingerprint density at radius 1 is 1.13 bits per heavy atom. The van der Waals surface area contributed by atoms with Crippen molar-refractivity contribution < 1.29 is 13.2 Å². The minimum absolute atomic E-state index is 0.124. The summed E-state index contributed by atoms with van der Waals surface area (Å²) in [5.41, 5.74) is 0.562. The zero-order valence-electron chi connectivity index (χ0n) is 13.5. The van der Waals surface area contributed by atoms with Crippen molar-refractivity contribution in [2.24, 2.45) is 0 Å². The first-order valence-corrected chi connectivity index (χ1v) is 9.43. The fourth-order valence-electron chi connectivity index (χ4n) is 1.90. The highest BCUT2D eigenvalue weighted by Crippen LogP contribution is 2.21. The first-order valence-electron chi connectivity index (χ1n) is 7.17. The minimum atomic E-state index is -3.51. The van der Waals surface area contributed by atoms with Gasteiger partial charge in [-0.2, -0.15) is 4.31 Å². The van der Waals surface area contributed by atoms with Crippen molar-refractivity contribution in [2.45, 2.75) is 31.7 Å². The number of thiophene rings is 1. The summed E-state index contributed by atoms with van der Waals surface area (Å²) in [6.45, 7) is 5.57. The van der Waals surface area contributed by atoms with Gasteiger partial charge in [-0.05, 0) is 57.2 Å². The number of nitrogens with one attached hydrogen (secondary N) is 1. The number of amides is 1. The monoisotopic (exact) mass is 352 g/mol. The fraction of sp³-hybridized carbons (Fsp3) is 0.312. The van der Waals surface area contributed by atoms with E-state index in [4.69, 9.17) is 0 Å². The third kappa shape index (κ3) is 3.99. The molecule has 0 aliphatic rings. The molecule has 0 unspecified atom stereocenters. The fourth-order valence-corrected chi connectivity index (χ4v) is 4.03. The largest absolute Gasteiger partial charge is 0.321 e. The van der Waals surface area contributed by atoms with Crippen molar-refractivity contribution in [1.82, 2.24) is 4.31 Å². The summed E-state index contributed by atoms with van der Waals surface area (Å²) in [6.07, 6.45) is 0. The molecule has 1 heterocycles. The summed E-state index contributed by atoms with van der Waals surface area (Å²) in [7, 11) is -1.96. The molecule has 0 saturated heterocycles. The number of anilines is 1. The lowest BCUT2D eigenvalue weighted by Crippen LogP contribution is -2.33. The number of nitrogens with zero attached hydrogens (tertiary/aromatic N) is 1. The molecule has 0 fully saturated rings. The zero-order valence-corrected chi connectivity index (χ0v) is 15.2. The second-order valence-electron chi connectivity index (χ2n) is 5.50. The van der Waals surface area contributed by atoms with E-state index < -0.39 is 10.0 Å². The zero-order chi connectivity index (χ0) is 17.2. The van der Waals surface area contributed by atoms with Gasteiger partial charge in [0.15, 0.2) is 0 Å². The van der Waals surface area contributed by atoms with E-state index in [2.05, 4.69) is 5.32 Å². The van der Waals surface area contributed by atoms with Gasteiger partial charge in [-0.25, -0.2) is 8.42 Å². The number of hydrogen-bond acceptors (Lipinski definition) is 4. The van der Waals surface area contributed by atoms with Gasteiger partial charge in [-0.3, -0.25) is 4.79 Å². The van der Waals surface area contributed by atoms with Crippen LogP contribution in [0.2, 0.25) is 0 Å². The SMILES string of the molecule is Cc1ccc(C(=O)Nc2ccc(S(=O)(=O)N(C)C(C)C)cc2)s1. The summed E-state index contributed by atoms with van der Waals surface area (Å²) in [5.74, 6) is -0.196. The van der Waals surface area contributed by atoms with Crippen molar-refractivity contribution in [3.8, 4) is 0 Å². The van der Waals surface area contributed by atoms with E-state index in [0.717, 1.165) is 4.88 Å². The predicted octanol–water partition coefficient (Wildman–Crippen LogP) is 3.34. The van der Waals surface area contributed by atoms with Crippen LogP contribution in [0, 0.1) is 6.92 Å². The van der Waals surface area contributed by atoms with E-state index in [1.54, 1.807) is 25.2 Å². The number of carbonyl (C=O) groups is 1. The lowest BCUT2D eigenvalue weighted by Gasteiger charge is -2.21. The Morgan fingerprint density at radius 3 is 2.22 bits per heavy atom. The normalized spacial score (nSPS) is 11.9. The topological polar surface area (TPSA) is 66.5 Å². The molecule has 0 spiro atoms. The summed E-state index contributed by atoms with van der Waals surface area (Å²) in [4.78, 5) is 14.0. The van der Waals surface area contributed by atoms with E-state index >= 15 is 0 Å². The molecule has 7 heteroatoms. The first kappa shape index (κ1) is 17.7. The number of sulfonamides is 1. The molecule has 1 aromatic carbocycles. The minimum Gasteiger partial charge on any atom is -0.321 e. The quantitative estimate of drug-likeness (QED) is 0.897. The van der Waals surface area contributed by atoms with Crippen LogP contribution in [-0.4, -0.2) is 31.7 Å². The van der Waals surface area contributed by atoms with E-state index in [0.29, 0.717) is 10.6 Å². The molecule has 1 amide bonds. The van der Waals surface area contributed by atoms with Crippen LogP contribution in [0.25, 0.3) is 0 Å². The van der Waals surface area contributed by atoms with Gasteiger partial charge in [0.2, 0.25) is 10.0 Å². The van der Waals surface area contributed by atoms with Crippen LogP contribution in [0.15, 0.2) is 41.3 Å². The van der Waals surface area contributed by atoms with Crippen LogP contribution >= 0.6 is 11.3 Å². The number of benzene rings is 1. The van der Waals surface area contributed by atoms with Crippen molar-refractivity contribution in [3.63, 3.8) is 0 Å². The molecule has 2 aromatic rings. The predicted molar refractivity (Wildman–Crippen MR) is 93.5 cm³/mol. The van der Waals surface area contributed by atoms with Gasteiger partial charge >= 0.3 is 0 Å². The summed E-state index contributed by atoms with van der Waals surface area (Å²) >= 11 is 1.42. The Labute approximate surface area is 141 Å². The Balaban J connectivity index is 2.15. The lowest BCUT2D eigenvalue weighted by atomic mass is 10.3. The summed E-state index contributed by atoms with van der Waals surface area (Å²) < 4.78 is 26.1. The van der Waals surface area contributed by atoms with E-state index in [9.17, 15) is 13.2 Å². The van der Waals surface area contributed by atoms with Gasteiger partial charge in [0.1, 0.15) is 0 Å². The van der Waals surface area contributed by atoms with Crippen molar-refractivity contribution >= 4 is 33.0 Å². The Kier molecular flexibility index (Phi) is 5.23. The second kappa shape index (κ2) is 6.82. The molecule has 23 heavy (non-hydrogen) atoms. The third-order valence-corrected chi connectivity index (χ3v) is 6.53. The number of aryl methyl sites for hydroxylation is 1. The average molecular weight is 352 g/mol. The molecular weight excluding hydrogens is 332 g/mol. The molecule has 2 rings (SSSR count). The highest BCUT2D eigenvalue weighted by molar-refractivity contribution is 7.89. The maximum atomic E-state index is 12.4. The Hall–Kier alpha value is -1.70. The highest BCUT2D eigenvalue weighted by Gasteiger charge is 2.22. The maximum absolute atomic E-state index is 12.4. The summed E-state index contributed by atoms with van der Waals surface area (Å²) in [6, 6.07) is 9.73. The molecule has 0 radical (unpaired) electrons. The number of rotatable bonds is 5. The second-order valence-corrected chi connectivity index (χ2v) is 8.79. The number of carbonyl (C=O) groups excluding carboxylic acids is 1. The van der Waals surface area contributed by atoms with Gasteiger partial charge < -0.3 is 5.32 Å². The van der Waals surface area contributed by atoms with Crippen molar-refractivity contribution in [2.75, 3.05) is 12.4 Å². The van der Waals surface area contributed by atoms with Gasteiger partial charge in [0.05, 0.1) is 9.77 Å². The molecule has 1 N–H and O–H groups in total. The molecular formula is C16H20N2O3S2. The van der Waals surface area contributed by atoms with Crippen LogP contribution in [0.3, 0.4) is 0 Å². The van der Waals surface area contributed by atoms with Crippen LogP contribution < -0.4 is 5.32 Å². The van der Waals surface area contributed by atoms with Crippen LogP contribution in [-0.2, 0) is 10.0 Å². The van der Waals surface area contributed by atoms with E-state index in [1.807, 2.05) is 26.8 Å². The first-order chi connectivity index (χ1) is 10.7. The van der Waals surface area contributed by atoms with Gasteiger partial charge in [0.25, 0.3) is 5.91 Å². The Morgan fingerprint density at radius 2 is 1.74 bits per heavy atom. The lowest BCUT2D eigenvalue weighted by molar-refractivity contribution is 0.103. The van der Waals surface area contributed by atoms with Crippen LogP contribution in [0.1, 0.15) is 28.4 Å². The molecule has 0 aliphatic carbocycles. The standard InChI is InChI=1S/C16H20N2O3S2/c1-11(2)18(4)23(20,21)14-8-6-13(7-9-14)17-16(19)15-10-5-12(3)22-15/h5-11H,1-4H3,(H,17,19). The molecule has 5 nitrogen and oxygen atoms in total. The molecule has 1 aromatic heterocycles. The average Bonchev–Trinajstić information content (AvgIpc) is 2.93. The third-order valence-electron chi connectivity index (χ3n) is 3.48. The van der Waals surface area contributed by atoms with Crippen molar-refractivity contribution in [3.05, 3.63) is 46.2 Å². The van der Waals surface area contributed by atoms with Gasteiger partial charge in [-0.15, -0.1) is 11.3 Å². The number of hydrogen-bond donors (Lipinski definition) is 1. The van der Waals surface area contributed by atoms with Gasteiger partial charge in [0, 0.05) is 23.7 Å². The van der Waals surface area contributed by atoms with E-state index in [1.165, 1.54) is 27.8 Å². The maximum Gasteiger partial charge on any atom is 0.265 e. The van der Waals surface area contributed by atoms with Crippen molar-refractivity contribution in [1.29, 1.82) is 0 Å². The smallest absolute Gasteiger partial charge is 0.265 e. The van der Waals surface area contributed by atoms with E-state index in [-0.39, 0.29) is 16.8 Å². The van der Waals surface area contributed by atoms with Crippen LogP contribution in [0.5, 0.6) is 0 Å². The molecule has 0 saturated carbocycles. The summed E-state index contributed by atoms with van der Waals surface area (Å²) in [5, 5.41) is 2.77. The molecule has 0 aliphatic heterocycles. The van der Waals surface area contributed by atoms with Crippen LogP contribution in [0.4, 0.5) is 5.69 Å². The Bertz CT molecular complexity index is 793. The molecule has 124 valence electrons. The van der Waals surface area contributed by atoms with Gasteiger partial charge in [-0.1, -0.05) is 0 Å². The molecule has 0 bridgehead atoms. The highest BCUT2D eigenvalue weighted by atomic mass is 32.2. The molecule has 0 atom stereocenters.